The smallest absolute Gasteiger partial charge is 0.274 e. The van der Waals surface area contributed by atoms with Crippen LogP contribution >= 0.6 is 0 Å². The Balaban J connectivity index is 1.42. The average molecular weight is 352 g/mol. The molecule has 7 nitrogen and oxygen atoms in total. The molecular formula is C19H20N4O3. The SMILES string of the molecule is O=C1N[C@@]2(CCCN(C(=O)c3n[nH]c4c3CCC4)C2)Oc2ccccc21. The van der Waals surface area contributed by atoms with Crippen molar-refractivity contribution in [2.24, 2.45) is 0 Å². The Morgan fingerprint density at radius 2 is 2.12 bits per heavy atom. The van der Waals surface area contributed by atoms with Gasteiger partial charge in [-0.15, -0.1) is 0 Å². The highest BCUT2D eigenvalue weighted by atomic mass is 16.5. The molecule has 1 fully saturated rings. The van der Waals surface area contributed by atoms with Gasteiger partial charge in [-0.3, -0.25) is 14.7 Å². The second-order valence-corrected chi connectivity index (χ2v) is 7.26. The van der Waals surface area contributed by atoms with E-state index in [2.05, 4.69) is 15.5 Å². The molecule has 5 rings (SSSR count). The van der Waals surface area contributed by atoms with Gasteiger partial charge in [0.15, 0.2) is 5.69 Å². The summed E-state index contributed by atoms with van der Waals surface area (Å²) in [5.74, 6) is 0.341. The fraction of sp³-hybridized carbons (Fsp3) is 0.421. The first-order valence-electron chi connectivity index (χ1n) is 9.11. The maximum absolute atomic E-state index is 13.0. The lowest BCUT2D eigenvalue weighted by Crippen LogP contribution is -2.64. The van der Waals surface area contributed by atoms with Crippen molar-refractivity contribution in [2.75, 3.05) is 13.1 Å². The van der Waals surface area contributed by atoms with Gasteiger partial charge in [0.25, 0.3) is 11.8 Å². The number of rotatable bonds is 1. The van der Waals surface area contributed by atoms with E-state index in [1.807, 2.05) is 12.1 Å². The number of likely N-dealkylation sites (tertiary alicyclic amines) is 1. The number of piperidine rings is 1. The van der Waals surface area contributed by atoms with Crippen molar-refractivity contribution in [3.8, 4) is 5.75 Å². The summed E-state index contributed by atoms with van der Waals surface area (Å²) in [7, 11) is 0. The Morgan fingerprint density at radius 1 is 1.23 bits per heavy atom. The maximum atomic E-state index is 13.0. The summed E-state index contributed by atoms with van der Waals surface area (Å²) >= 11 is 0. The van der Waals surface area contributed by atoms with Crippen LogP contribution in [0.5, 0.6) is 5.75 Å². The molecule has 1 spiro atoms. The number of amides is 2. The number of nitrogens with zero attached hydrogens (tertiary/aromatic N) is 2. The summed E-state index contributed by atoms with van der Waals surface area (Å²) in [5.41, 5.74) is 2.33. The van der Waals surface area contributed by atoms with Crippen molar-refractivity contribution in [3.63, 3.8) is 0 Å². The van der Waals surface area contributed by atoms with E-state index in [9.17, 15) is 9.59 Å². The van der Waals surface area contributed by atoms with Crippen LogP contribution in [0.4, 0.5) is 0 Å². The Kier molecular flexibility index (Phi) is 3.32. The van der Waals surface area contributed by atoms with Gasteiger partial charge in [0.2, 0.25) is 5.72 Å². The number of carbonyl (C=O) groups is 2. The van der Waals surface area contributed by atoms with E-state index in [-0.39, 0.29) is 11.8 Å². The second-order valence-electron chi connectivity index (χ2n) is 7.26. The zero-order chi connectivity index (χ0) is 17.7. The summed E-state index contributed by atoms with van der Waals surface area (Å²) in [6.07, 6.45) is 4.35. The van der Waals surface area contributed by atoms with Crippen LogP contribution in [0.25, 0.3) is 0 Å². The summed E-state index contributed by atoms with van der Waals surface area (Å²) < 4.78 is 6.17. The number of aromatic amines is 1. The lowest BCUT2D eigenvalue weighted by molar-refractivity contribution is -0.0315. The Bertz CT molecular complexity index is 906. The molecule has 0 saturated carbocycles. The van der Waals surface area contributed by atoms with Gasteiger partial charge in [-0.25, -0.2) is 0 Å². The van der Waals surface area contributed by atoms with Crippen LogP contribution in [0.2, 0.25) is 0 Å². The van der Waals surface area contributed by atoms with Crippen LogP contribution in [-0.4, -0.2) is 45.7 Å². The predicted octanol–water partition coefficient (Wildman–Crippen LogP) is 1.65. The number of hydrogen-bond acceptors (Lipinski definition) is 4. The number of aryl methyl sites for hydroxylation is 1. The van der Waals surface area contributed by atoms with Crippen LogP contribution < -0.4 is 10.1 Å². The van der Waals surface area contributed by atoms with E-state index < -0.39 is 5.72 Å². The molecule has 7 heteroatoms. The van der Waals surface area contributed by atoms with Gasteiger partial charge >= 0.3 is 0 Å². The van der Waals surface area contributed by atoms with Gasteiger partial charge in [0, 0.05) is 24.2 Å². The molecule has 1 saturated heterocycles. The van der Waals surface area contributed by atoms with Gasteiger partial charge in [-0.05, 0) is 37.8 Å². The van der Waals surface area contributed by atoms with Crippen LogP contribution in [-0.2, 0) is 12.8 Å². The highest BCUT2D eigenvalue weighted by Gasteiger charge is 2.45. The molecule has 2 N–H and O–H groups in total. The minimum absolute atomic E-state index is 0.0832. The Morgan fingerprint density at radius 3 is 3.04 bits per heavy atom. The van der Waals surface area contributed by atoms with E-state index in [0.29, 0.717) is 36.5 Å². The summed E-state index contributed by atoms with van der Waals surface area (Å²) in [6.45, 7) is 0.969. The molecule has 134 valence electrons. The molecular weight excluding hydrogens is 332 g/mol. The highest BCUT2D eigenvalue weighted by Crippen LogP contribution is 2.33. The molecule has 0 radical (unpaired) electrons. The Hall–Kier alpha value is -2.83. The van der Waals surface area contributed by atoms with Crippen LogP contribution in [0.15, 0.2) is 24.3 Å². The molecule has 2 amide bonds. The average Bonchev–Trinajstić information content (AvgIpc) is 3.25. The van der Waals surface area contributed by atoms with Crippen molar-refractivity contribution in [1.82, 2.24) is 20.4 Å². The summed E-state index contributed by atoms with van der Waals surface area (Å²) in [6, 6.07) is 7.21. The first kappa shape index (κ1) is 15.4. The van der Waals surface area contributed by atoms with E-state index in [0.717, 1.165) is 36.9 Å². The lowest BCUT2D eigenvalue weighted by atomic mass is 9.97. The largest absolute Gasteiger partial charge is 0.465 e. The third-order valence-electron chi connectivity index (χ3n) is 5.53. The van der Waals surface area contributed by atoms with Crippen molar-refractivity contribution in [3.05, 3.63) is 46.8 Å². The molecule has 1 aliphatic carbocycles. The molecule has 1 atom stereocenters. The lowest BCUT2D eigenvalue weighted by Gasteiger charge is -2.45. The van der Waals surface area contributed by atoms with Crippen molar-refractivity contribution < 1.29 is 14.3 Å². The fourth-order valence-electron chi connectivity index (χ4n) is 4.28. The van der Waals surface area contributed by atoms with E-state index in [1.54, 1.807) is 17.0 Å². The normalized spacial score (nSPS) is 24.0. The summed E-state index contributed by atoms with van der Waals surface area (Å²) in [4.78, 5) is 27.3. The highest BCUT2D eigenvalue weighted by molar-refractivity contribution is 5.98. The minimum Gasteiger partial charge on any atom is -0.465 e. The first-order chi connectivity index (χ1) is 12.7. The van der Waals surface area contributed by atoms with Gasteiger partial charge in [-0.1, -0.05) is 12.1 Å². The third-order valence-corrected chi connectivity index (χ3v) is 5.53. The number of fused-ring (bicyclic) bond motifs is 2. The number of hydrogen-bond donors (Lipinski definition) is 2. The van der Waals surface area contributed by atoms with Gasteiger partial charge in [-0.2, -0.15) is 5.10 Å². The summed E-state index contributed by atoms with van der Waals surface area (Å²) in [5, 5.41) is 10.2. The third kappa shape index (κ3) is 2.30. The first-order valence-corrected chi connectivity index (χ1v) is 9.11. The zero-order valence-electron chi connectivity index (χ0n) is 14.4. The number of aromatic nitrogens is 2. The molecule has 0 bridgehead atoms. The maximum Gasteiger partial charge on any atom is 0.274 e. The molecule has 0 unspecified atom stereocenters. The molecule has 1 aromatic heterocycles. The zero-order valence-corrected chi connectivity index (χ0v) is 14.4. The standard InChI is InChI=1S/C19H20N4O3/c24-17-13-5-1-2-8-15(13)26-19(20-17)9-4-10-23(11-19)18(25)16-12-6-3-7-14(12)21-22-16/h1-2,5,8H,3-4,6-7,9-11H2,(H,20,24)(H,21,22)/t19-/m0/s1. The van der Waals surface area contributed by atoms with Crippen molar-refractivity contribution >= 4 is 11.8 Å². The van der Waals surface area contributed by atoms with Gasteiger partial charge < -0.3 is 15.0 Å². The van der Waals surface area contributed by atoms with Crippen LogP contribution in [0.1, 0.15) is 51.4 Å². The second kappa shape index (κ2) is 5.59. The monoisotopic (exact) mass is 352 g/mol. The molecule has 1 aromatic carbocycles. The number of ether oxygens (including phenoxy) is 1. The molecule has 2 aliphatic heterocycles. The van der Waals surface area contributed by atoms with Crippen molar-refractivity contribution in [1.29, 1.82) is 0 Å². The van der Waals surface area contributed by atoms with Crippen LogP contribution in [0.3, 0.4) is 0 Å². The molecule has 2 aromatic rings. The minimum atomic E-state index is -0.862. The van der Waals surface area contributed by atoms with Crippen LogP contribution in [0, 0.1) is 0 Å². The number of carbonyl (C=O) groups excluding carboxylic acids is 2. The number of benzene rings is 1. The quantitative estimate of drug-likeness (QED) is 0.817. The van der Waals surface area contributed by atoms with Gasteiger partial charge in [0.1, 0.15) is 5.75 Å². The predicted molar refractivity (Wildman–Crippen MR) is 93.0 cm³/mol. The Labute approximate surface area is 150 Å². The topological polar surface area (TPSA) is 87.3 Å². The molecule has 3 heterocycles. The molecule has 3 aliphatic rings. The van der Waals surface area contributed by atoms with Crippen molar-refractivity contribution in [2.45, 2.75) is 37.8 Å². The van der Waals surface area contributed by atoms with E-state index in [1.165, 1.54) is 0 Å². The number of nitrogens with one attached hydrogen (secondary N) is 2. The number of para-hydroxylation sites is 1. The fourth-order valence-corrected chi connectivity index (χ4v) is 4.28. The van der Waals surface area contributed by atoms with E-state index in [4.69, 9.17) is 4.74 Å². The van der Waals surface area contributed by atoms with E-state index >= 15 is 0 Å². The number of H-pyrrole nitrogens is 1. The molecule has 26 heavy (non-hydrogen) atoms. The van der Waals surface area contributed by atoms with Gasteiger partial charge in [0.05, 0.1) is 12.1 Å².